The van der Waals surface area contributed by atoms with E-state index in [0.717, 1.165) is 34.1 Å². The Labute approximate surface area is 703 Å². The highest BCUT2D eigenvalue weighted by Gasteiger charge is 2.49. The lowest BCUT2D eigenvalue weighted by atomic mass is 9.67. The fraction of sp³-hybridized carbons (Fsp3) is 0.102. The van der Waals surface area contributed by atoms with E-state index in [2.05, 4.69) is 465 Å². The topological polar surface area (TPSA) is 6.48 Å². The Morgan fingerprint density at radius 3 is 0.933 bits per heavy atom. The third-order valence-corrected chi connectivity index (χ3v) is 27.7. The lowest BCUT2D eigenvalue weighted by molar-refractivity contribution is 0.590. The Morgan fingerprint density at radius 1 is 0.200 bits per heavy atom. The van der Waals surface area contributed by atoms with Gasteiger partial charge in [-0.15, -0.1) is 0 Å². The van der Waals surface area contributed by atoms with Crippen LogP contribution in [0.25, 0.3) is 110 Å². The van der Waals surface area contributed by atoms with E-state index in [4.69, 9.17) is 0 Å². The van der Waals surface area contributed by atoms with Crippen molar-refractivity contribution < 1.29 is 0 Å². The molecule has 0 fully saturated rings. The number of fused-ring (bicyclic) bond motifs is 18. The molecule has 0 N–H and O–H groups in total. The van der Waals surface area contributed by atoms with E-state index < -0.39 is 10.8 Å². The van der Waals surface area contributed by atoms with Crippen LogP contribution in [0.2, 0.25) is 0 Å². The van der Waals surface area contributed by atoms with Crippen molar-refractivity contribution in [3.05, 3.63) is 479 Å². The Balaban J connectivity index is 0.822. The van der Waals surface area contributed by atoms with E-state index in [9.17, 15) is 0 Å². The zero-order valence-corrected chi connectivity index (χ0v) is 68.6. The van der Waals surface area contributed by atoms with Crippen LogP contribution in [-0.4, -0.2) is 0 Å². The average molecular weight is 1530 g/mol. The number of benzene rings is 19. The summed E-state index contributed by atoms with van der Waals surface area (Å²) in [5, 5.41) is 9.76. The highest BCUT2D eigenvalue weighted by atomic mass is 15.1. The van der Waals surface area contributed by atoms with Crippen molar-refractivity contribution in [2.24, 2.45) is 0 Å². The largest absolute Gasteiger partial charge is 0.310 e. The van der Waals surface area contributed by atoms with Gasteiger partial charge in [-0.3, -0.25) is 0 Å². The second-order valence-corrected chi connectivity index (χ2v) is 35.7. The van der Waals surface area contributed by atoms with E-state index in [0.29, 0.717) is 0 Å². The SMILES string of the molecule is CC(C)(C)c1ccc(N(c2ccc3c(c2)C(c2ccccc2)(c2ccccc2)c2ccccc2-3)c2ccc3c(-c4ccc5c(c4)C(C)(C)c4ccc6ccccc6c4-5)c4cc(N(c5ccccc5)c5ccc6c(c5)C(c5ccccc5)(c5ccccc5)c5ccccc5-6)ccc4c(-c4ccc5c(c4)C(C)(C)c4ccc6ccccc6c4-5)c3c2)cc1. The number of hydrogen-bond acceptors (Lipinski definition) is 2. The number of anilines is 6. The Bertz CT molecular complexity index is 7330. The maximum Gasteiger partial charge on any atom is 0.0714 e. The Hall–Kier alpha value is -14.2. The van der Waals surface area contributed by atoms with Crippen LogP contribution in [0.1, 0.15) is 121 Å². The number of para-hydroxylation sites is 1. The predicted molar refractivity (Wildman–Crippen MR) is 505 cm³/mol. The summed E-state index contributed by atoms with van der Waals surface area (Å²) in [6.45, 7) is 16.7. The van der Waals surface area contributed by atoms with Gasteiger partial charge in [-0.05, 0) is 273 Å². The fourth-order valence-electron chi connectivity index (χ4n) is 22.2. The maximum absolute atomic E-state index is 2.58. The van der Waals surface area contributed by atoms with Crippen LogP contribution in [0.3, 0.4) is 0 Å². The first-order valence-corrected chi connectivity index (χ1v) is 42.5. The van der Waals surface area contributed by atoms with Crippen LogP contribution < -0.4 is 9.80 Å². The van der Waals surface area contributed by atoms with Crippen molar-refractivity contribution in [1.82, 2.24) is 0 Å². The molecule has 0 saturated carbocycles. The van der Waals surface area contributed by atoms with E-state index in [1.807, 2.05) is 0 Å². The molecule has 0 amide bonds. The normalized spacial score (nSPS) is 14.4. The van der Waals surface area contributed by atoms with Crippen LogP contribution in [0.4, 0.5) is 34.1 Å². The first kappa shape index (κ1) is 71.2. The minimum Gasteiger partial charge on any atom is -0.310 e. The van der Waals surface area contributed by atoms with Gasteiger partial charge in [-0.1, -0.05) is 370 Å². The van der Waals surface area contributed by atoms with Gasteiger partial charge in [0.2, 0.25) is 0 Å². The molecule has 4 aliphatic carbocycles. The average Bonchev–Trinajstić information content (AvgIpc) is 1.53. The van der Waals surface area contributed by atoms with Gasteiger partial charge in [-0.2, -0.15) is 0 Å². The molecular weight excluding hydrogens is 1450 g/mol. The Kier molecular flexibility index (Phi) is 15.8. The smallest absolute Gasteiger partial charge is 0.0714 e. The van der Waals surface area contributed by atoms with E-state index in [1.165, 1.54) is 182 Å². The molecular formula is C118H88N2. The molecule has 0 radical (unpaired) electrons. The molecule has 0 bridgehead atoms. The van der Waals surface area contributed by atoms with Crippen LogP contribution >= 0.6 is 0 Å². The second-order valence-electron chi connectivity index (χ2n) is 35.7. The van der Waals surface area contributed by atoms with Crippen LogP contribution in [0, 0.1) is 0 Å². The van der Waals surface area contributed by atoms with Crippen molar-refractivity contribution >= 4 is 77.2 Å². The molecule has 2 nitrogen and oxygen atoms in total. The van der Waals surface area contributed by atoms with Gasteiger partial charge < -0.3 is 9.80 Å². The maximum atomic E-state index is 2.58. The number of nitrogens with zero attached hydrogens (tertiary/aromatic N) is 2. The minimum absolute atomic E-state index is 0.0758. The van der Waals surface area contributed by atoms with Gasteiger partial charge in [-0.25, -0.2) is 0 Å². The van der Waals surface area contributed by atoms with Crippen molar-refractivity contribution in [1.29, 1.82) is 0 Å². The monoisotopic (exact) mass is 1530 g/mol. The second kappa shape index (κ2) is 26.7. The van der Waals surface area contributed by atoms with Crippen molar-refractivity contribution in [3.8, 4) is 66.8 Å². The van der Waals surface area contributed by atoms with Gasteiger partial charge in [0.25, 0.3) is 0 Å². The van der Waals surface area contributed by atoms with Crippen LogP contribution in [-0.2, 0) is 27.1 Å². The van der Waals surface area contributed by atoms with E-state index >= 15 is 0 Å². The molecule has 4 aliphatic rings. The van der Waals surface area contributed by atoms with E-state index in [1.54, 1.807) is 0 Å². The van der Waals surface area contributed by atoms with Crippen molar-refractivity contribution in [2.45, 2.75) is 75.5 Å². The number of rotatable bonds is 12. The first-order chi connectivity index (χ1) is 58.7. The van der Waals surface area contributed by atoms with Gasteiger partial charge in [0.05, 0.1) is 10.8 Å². The van der Waals surface area contributed by atoms with Gasteiger partial charge >= 0.3 is 0 Å². The third-order valence-electron chi connectivity index (χ3n) is 27.7. The lowest BCUT2D eigenvalue weighted by Crippen LogP contribution is -2.28. The summed E-state index contributed by atoms with van der Waals surface area (Å²) in [6.07, 6.45) is 0. The zero-order valence-electron chi connectivity index (χ0n) is 68.6. The molecule has 570 valence electrons. The molecule has 0 aromatic heterocycles. The van der Waals surface area contributed by atoms with Gasteiger partial charge in [0.1, 0.15) is 0 Å². The van der Waals surface area contributed by atoms with Gasteiger partial charge in [0.15, 0.2) is 0 Å². The summed E-state index contributed by atoms with van der Waals surface area (Å²) in [7, 11) is 0. The summed E-state index contributed by atoms with van der Waals surface area (Å²) >= 11 is 0. The molecule has 0 saturated heterocycles. The van der Waals surface area contributed by atoms with Crippen LogP contribution in [0.5, 0.6) is 0 Å². The quantitative estimate of drug-likeness (QED) is 0.113. The molecule has 120 heavy (non-hydrogen) atoms. The van der Waals surface area contributed by atoms with Crippen molar-refractivity contribution in [3.63, 3.8) is 0 Å². The standard InChI is InChI=1S/C118H88N2/c1-114(2,3)79-53-55-85(56-54-79)120(89-58-64-95-93-46-28-30-48-103(93)118(109(95)74-89,82-37-17-10-18-38-82)83-39-19-11-20-40-83)87-60-66-97-101(72-87)111(78-50-62-99-107(70-78)116(6,7)105-68-52-76-32-24-26-44-91(76)113(99)105)96-65-59-86(71-100(96)110(97)77-49-61-98-106(69-77)115(4,5)104-67-51-75-31-23-25-43-90(75)112(98)104)119(84-41-21-12-22-42-84)88-57-63-94-92-45-27-29-47-102(92)117(108(94)73-88,80-33-13-8-14-34-80)81-35-15-9-16-36-81/h8-74H,1-7H3. The summed E-state index contributed by atoms with van der Waals surface area (Å²) in [5.41, 5.74) is 36.1. The molecule has 0 heterocycles. The summed E-state index contributed by atoms with van der Waals surface area (Å²) in [5.74, 6) is 0. The predicted octanol–water partition coefficient (Wildman–Crippen LogP) is 31.2. The molecule has 0 aliphatic heterocycles. The van der Waals surface area contributed by atoms with Gasteiger partial charge in [0, 0.05) is 45.0 Å². The van der Waals surface area contributed by atoms with Crippen LogP contribution in [0.15, 0.2) is 406 Å². The lowest BCUT2D eigenvalue weighted by Gasteiger charge is -2.35. The minimum atomic E-state index is -0.626. The zero-order chi connectivity index (χ0) is 80.5. The highest BCUT2D eigenvalue weighted by molar-refractivity contribution is 6.23. The van der Waals surface area contributed by atoms with E-state index in [-0.39, 0.29) is 16.2 Å². The molecule has 19 aromatic carbocycles. The third kappa shape index (κ3) is 10.3. The first-order valence-electron chi connectivity index (χ1n) is 42.5. The molecule has 2 heteroatoms. The summed E-state index contributed by atoms with van der Waals surface area (Å²) in [4.78, 5) is 5.08. The fourth-order valence-corrected chi connectivity index (χ4v) is 22.2. The highest BCUT2D eigenvalue weighted by Crippen LogP contribution is 2.62. The summed E-state index contributed by atoms with van der Waals surface area (Å²) in [6, 6.07) is 156. The molecule has 0 atom stereocenters. The van der Waals surface area contributed by atoms with Crippen molar-refractivity contribution in [2.75, 3.05) is 9.80 Å². The molecule has 0 unspecified atom stereocenters. The summed E-state index contributed by atoms with van der Waals surface area (Å²) < 4.78 is 0. The Morgan fingerprint density at radius 2 is 0.525 bits per heavy atom. The number of hydrogen-bond donors (Lipinski definition) is 0. The molecule has 23 rings (SSSR count). The molecule has 0 spiro atoms. The molecule has 19 aromatic rings.